The summed E-state index contributed by atoms with van der Waals surface area (Å²) in [5.74, 6) is -3.92. The van der Waals surface area contributed by atoms with E-state index in [2.05, 4.69) is 6.07 Å². The minimum atomic E-state index is -1.13. The summed E-state index contributed by atoms with van der Waals surface area (Å²) >= 11 is 0. The first-order valence-electron chi connectivity index (χ1n) is 9.76. The molecule has 0 bridgehead atoms. The fourth-order valence-corrected chi connectivity index (χ4v) is 3.80. The van der Waals surface area contributed by atoms with Gasteiger partial charge in [0.05, 0.1) is 48.6 Å². The quantitative estimate of drug-likeness (QED) is 0.661. The van der Waals surface area contributed by atoms with Crippen LogP contribution in [0.3, 0.4) is 0 Å². The molecule has 33 heavy (non-hydrogen) atoms. The predicted octanol–water partition coefficient (Wildman–Crippen LogP) is 2.59. The number of esters is 2. The minimum Gasteiger partial charge on any atom is -0.478 e. The Morgan fingerprint density at radius 3 is 2.21 bits per heavy atom. The number of aryl methyl sites for hydroxylation is 1. The molecule has 2 aromatic carbocycles. The Morgan fingerprint density at radius 1 is 1.06 bits per heavy atom. The molecule has 0 fully saturated rings. The number of nitrogens with zero attached hydrogens (tertiary/aromatic N) is 2. The maximum atomic E-state index is 13.0. The number of nitriles is 1. The molecule has 0 aliphatic carbocycles. The van der Waals surface area contributed by atoms with Gasteiger partial charge in [-0.3, -0.25) is 4.90 Å². The van der Waals surface area contributed by atoms with Gasteiger partial charge in [0.15, 0.2) is 0 Å². The highest BCUT2D eigenvalue weighted by Gasteiger charge is 2.43. The van der Waals surface area contributed by atoms with E-state index in [1.54, 1.807) is 37.3 Å². The van der Waals surface area contributed by atoms with E-state index in [9.17, 15) is 24.8 Å². The number of carbonyl (C=O) groups is 3. The predicted molar refractivity (Wildman–Crippen MR) is 118 cm³/mol. The van der Waals surface area contributed by atoms with Gasteiger partial charge in [0.1, 0.15) is 11.5 Å². The number of hydrogen-bond donors (Lipinski definition) is 2. The van der Waals surface area contributed by atoms with Crippen molar-refractivity contribution >= 4 is 23.6 Å². The molecular weight excluding hydrogens is 426 g/mol. The number of aromatic carboxylic acids is 1. The normalized spacial score (nSPS) is 15.7. The molecule has 3 N–H and O–H groups in total. The van der Waals surface area contributed by atoms with Gasteiger partial charge in [-0.25, -0.2) is 14.4 Å². The van der Waals surface area contributed by atoms with Crippen molar-refractivity contribution in [1.29, 1.82) is 5.26 Å². The van der Waals surface area contributed by atoms with E-state index in [1.165, 1.54) is 23.1 Å². The minimum absolute atomic E-state index is 0.0234. The molecule has 0 amide bonds. The number of carbonyl (C=O) groups excluding carboxylic acids is 2. The molecule has 0 spiro atoms. The van der Waals surface area contributed by atoms with Crippen LogP contribution in [-0.4, -0.2) is 37.2 Å². The van der Waals surface area contributed by atoms with Crippen molar-refractivity contribution in [3.63, 3.8) is 0 Å². The van der Waals surface area contributed by atoms with Crippen molar-refractivity contribution in [2.45, 2.75) is 12.8 Å². The van der Waals surface area contributed by atoms with Crippen molar-refractivity contribution < 1.29 is 29.0 Å². The fourth-order valence-electron chi connectivity index (χ4n) is 3.80. The zero-order valence-corrected chi connectivity index (χ0v) is 18.2. The molecule has 0 aromatic heterocycles. The first-order chi connectivity index (χ1) is 15.8. The molecule has 1 atom stereocenters. The standard InChI is InChI=1S/C24H21N3O6/c1-13-11-15(22(28)29)9-10-17(13)27-20(24(31)33-3)19(23(30)32-2)18(16(12-25)21(27)26)14-7-5-4-6-8-14/h4-11,18H,26H2,1-3H3,(H,28,29). The largest absolute Gasteiger partial charge is 0.478 e. The van der Waals surface area contributed by atoms with Gasteiger partial charge in [0.2, 0.25) is 0 Å². The van der Waals surface area contributed by atoms with Crippen LogP contribution in [0.15, 0.2) is 71.2 Å². The lowest BCUT2D eigenvalue weighted by atomic mass is 9.80. The molecule has 0 radical (unpaired) electrons. The van der Waals surface area contributed by atoms with Gasteiger partial charge < -0.3 is 20.3 Å². The van der Waals surface area contributed by atoms with Crippen LogP contribution >= 0.6 is 0 Å². The summed E-state index contributed by atoms with van der Waals surface area (Å²) in [4.78, 5) is 38.6. The average molecular weight is 447 g/mol. The maximum absolute atomic E-state index is 13.0. The number of carboxylic acid groups (broad SMARTS) is 1. The summed E-state index contributed by atoms with van der Waals surface area (Å²) in [6, 6.07) is 14.9. The highest BCUT2D eigenvalue weighted by molar-refractivity contribution is 6.06. The highest BCUT2D eigenvalue weighted by atomic mass is 16.5. The molecule has 9 heteroatoms. The lowest BCUT2D eigenvalue weighted by Crippen LogP contribution is -2.41. The van der Waals surface area contributed by atoms with Crippen LogP contribution in [0.5, 0.6) is 0 Å². The first-order valence-corrected chi connectivity index (χ1v) is 9.76. The summed E-state index contributed by atoms with van der Waals surface area (Å²) in [5.41, 5.74) is 7.42. The second-order valence-corrected chi connectivity index (χ2v) is 7.14. The van der Waals surface area contributed by atoms with Crippen LogP contribution in [0.25, 0.3) is 0 Å². The summed E-state index contributed by atoms with van der Waals surface area (Å²) < 4.78 is 9.95. The van der Waals surface area contributed by atoms with Gasteiger partial charge in [-0.1, -0.05) is 30.3 Å². The van der Waals surface area contributed by atoms with Gasteiger partial charge in [0.25, 0.3) is 0 Å². The molecule has 168 valence electrons. The number of hydrogen-bond acceptors (Lipinski definition) is 8. The van der Waals surface area contributed by atoms with Crippen molar-refractivity contribution in [1.82, 2.24) is 0 Å². The van der Waals surface area contributed by atoms with Crippen LogP contribution in [0, 0.1) is 18.3 Å². The maximum Gasteiger partial charge on any atom is 0.355 e. The topological polar surface area (TPSA) is 143 Å². The smallest absolute Gasteiger partial charge is 0.355 e. The Kier molecular flexibility index (Phi) is 6.49. The third kappa shape index (κ3) is 4.02. The van der Waals surface area contributed by atoms with Gasteiger partial charge in [-0.2, -0.15) is 5.26 Å². The molecule has 1 heterocycles. The molecule has 1 aliphatic rings. The summed E-state index contributed by atoms with van der Waals surface area (Å²) in [7, 11) is 2.32. The molecule has 1 aliphatic heterocycles. The number of methoxy groups -OCH3 is 2. The summed E-state index contributed by atoms with van der Waals surface area (Å²) in [6.45, 7) is 1.62. The van der Waals surface area contributed by atoms with Crippen LogP contribution in [-0.2, 0) is 19.1 Å². The molecule has 3 rings (SSSR count). The number of carboxylic acids is 1. The number of allylic oxidation sites excluding steroid dienone is 1. The van der Waals surface area contributed by atoms with E-state index >= 15 is 0 Å². The van der Waals surface area contributed by atoms with Crippen molar-refractivity contribution in [2.24, 2.45) is 5.73 Å². The SMILES string of the molecule is COC(=O)C1=C(C(=O)OC)N(c2ccc(C(=O)O)cc2C)C(N)=C(C#N)C1c1ccccc1. The van der Waals surface area contributed by atoms with Crippen LogP contribution < -0.4 is 10.6 Å². The van der Waals surface area contributed by atoms with E-state index in [-0.39, 0.29) is 28.2 Å². The number of rotatable bonds is 5. The van der Waals surface area contributed by atoms with E-state index in [1.807, 2.05) is 0 Å². The molecule has 1 unspecified atom stereocenters. The zero-order chi connectivity index (χ0) is 24.3. The Labute approximate surface area is 189 Å². The highest BCUT2D eigenvalue weighted by Crippen LogP contribution is 2.43. The Bertz CT molecular complexity index is 1240. The second-order valence-electron chi connectivity index (χ2n) is 7.14. The monoisotopic (exact) mass is 447 g/mol. The molecule has 0 saturated heterocycles. The van der Waals surface area contributed by atoms with Crippen molar-refractivity contribution in [3.05, 3.63) is 87.9 Å². The number of nitrogens with two attached hydrogens (primary N) is 1. The second kappa shape index (κ2) is 9.28. The third-order valence-electron chi connectivity index (χ3n) is 5.29. The van der Waals surface area contributed by atoms with Crippen molar-refractivity contribution in [3.8, 4) is 6.07 Å². The summed E-state index contributed by atoms with van der Waals surface area (Å²) in [5, 5.41) is 19.3. The Hall–Kier alpha value is -4.58. The number of anilines is 1. The Balaban J connectivity index is 2.41. The van der Waals surface area contributed by atoms with Crippen molar-refractivity contribution in [2.75, 3.05) is 19.1 Å². The van der Waals surface area contributed by atoms with Gasteiger partial charge in [-0.05, 0) is 36.2 Å². The third-order valence-corrected chi connectivity index (χ3v) is 5.29. The van der Waals surface area contributed by atoms with Gasteiger partial charge >= 0.3 is 17.9 Å². The van der Waals surface area contributed by atoms with E-state index < -0.39 is 23.8 Å². The fraction of sp³-hybridized carbons (Fsp3) is 0.167. The molecular formula is C24H21N3O6. The zero-order valence-electron chi connectivity index (χ0n) is 18.2. The van der Waals surface area contributed by atoms with Gasteiger partial charge in [-0.15, -0.1) is 0 Å². The van der Waals surface area contributed by atoms with Gasteiger partial charge in [0, 0.05) is 0 Å². The lowest BCUT2D eigenvalue weighted by molar-refractivity contribution is -0.139. The van der Waals surface area contributed by atoms with Crippen LogP contribution in [0.1, 0.15) is 27.4 Å². The molecule has 0 saturated carbocycles. The van der Waals surface area contributed by atoms with Crippen LogP contribution in [0.4, 0.5) is 5.69 Å². The average Bonchev–Trinajstić information content (AvgIpc) is 2.82. The number of benzene rings is 2. The van der Waals surface area contributed by atoms with E-state index in [4.69, 9.17) is 15.2 Å². The Morgan fingerprint density at radius 2 is 1.70 bits per heavy atom. The van der Waals surface area contributed by atoms with E-state index in [0.29, 0.717) is 16.8 Å². The first kappa shape index (κ1) is 23.1. The van der Waals surface area contributed by atoms with Crippen LogP contribution in [0.2, 0.25) is 0 Å². The summed E-state index contributed by atoms with van der Waals surface area (Å²) in [6.07, 6.45) is 0. The lowest BCUT2D eigenvalue weighted by Gasteiger charge is -2.36. The molecule has 2 aromatic rings. The number of ether oxygens (including phenoxy) is 2. The van der Waals surface area contributed by atoms with E-state index in [0.717, 1.165) is 14.2 Å². The molecule has 9 nitrogen and oxygen atoms in total.